The number of ether oxygens (including phenoxy) is 1. The zero-order valence-corrected chi connectivity index (χ0v) is 14.8. The van der Waals surface area contributed by atoms with Crippen molar-refractivity contribution >= 4 is 16.9 Å². The van der Waals surface area contributed by atoms with E-state index in [-0.39, 0.29) is 11.9 Å². The van der Waals surface area contributed by atoms with Crippen molar-refractivity contribution in [1.29, 1.82) is 0 Å². The number of H-pyrrole nitrogens is 1. The van der Waals surface area contributed by atoms with Gasteiger partial charge < -0.3 is 9.72 Å². The Labute approximate surface area is 148 Å². The number of para-hydroxylation sites is 1. The minimum absolute atomic E-state index is 0.0100. The summed E-state index contributed by atoms with van der Waals surface area (Å²) in [6.07, 6.45) is 5.65. The van der Waals surface area contributed by atoms with Gasteiger partial charge in [-0.05, 0) is 49.1 Å². The monoisotopic (exact) mass is 338 g/mol. The number of nitrogens with zero attached hydrogens (tertiary/aromatic N) is 1. The number of nitrogens with one attached hydrogen (secondary N) is 1. The van der Waals surface area contributed by atoms with Crippen LogP contribution in [-0.4, -0.2) is 36.1 Å². The van der Waals surface area contributed by atoms with Gasteiger partial charge in [-0.3, -0.25) is 9.69 Å². The van der Waals surface area contributed by atoms with Gasteiger partial charge in [0.05, 0.1) is 19.1 Å². The molecule has 4 heteroatoms. The van der Waals surface area contributed by atoms with E-state index in [9.17, 15) is 4.79 Å². The summed E-state index contributed by atoms with van der Waals surface area (Å²) in [4.78, 5) is 18.7. The van der Waals surface area contributed by atoms with Crippen LogP contribution >= 0.6 is 0 Å². The first-order chi connectivity index (χ1) is 12.3. The number of hydrogen-bond acceptors (Lipinski definition) is 3. The Morgan fingerprint density at radius 2 is 2.16 bits per heavy atom. The number of esters is 1. The van der Waals surface area contributed by atoms with E-state index in [0.29, 0.717) is 17.9 Å². The lowest BCUT2D eigenvalue weighted by atomic mass is 9.66. The van der Waals surface area contributed by atoms with Crippen LogP contribution < -0.4 is 0 Å². The van der Waals surface area contributed by atoms with Gasteiger partial charge in [0.2, 0.25) is 0 Å². The molecule has 2 aromatic rings. The Morgan fingerprint density at radius 3 is 3.04 bits per heavy atom. The molecule has 0 radical (unpaired) electrons. The first-order valence-electron chi connectivity index (χ1n) is 9.67. The molecule has 1 saturated heterocycles. The van der Waals surface area contributed by atoms with Crippen LogP contribution in [0.3, 0.4) is 0 Å². The minimum Gasteiger partial charge on any atom is -0.469 e. The molecule has 1 aromatic heterocycles. The first-order valence-corrected chi connectivity index (χ1v) is 9.67. The van der Waals surface area contributed by atoms with Crippen LogP contribution in [0.25, 0.3) is 10.9 Å². The fourth-order valence-corrected chi connectivity index (χ4v) is 5.80. The molecule has 2 aliphatic heterocycles. The molecule has 1 N–H and O–H groups in total. The highest BCUT2D eigenvalue weighted by Gasteiger charge is 2.46. The third-order valence-electron chi connectivity index (χ3n) is 6.95. The van der Waals surface area contributed by atoms with Gasteiger partial charge in [-0.2, -0.15) is 0 Å². The zero-order valence-electron chi connectivity index (χ0n) is 14.8. The molecule has 132 valence electrons. The number of aromatic amines is 1. The molecule has 0 bridgehead atoms. The van der Waals surface area contributed by atoms with Gasteiger partial charge in [-0.1, -0.05) is 24.6 Å². The summed E-state index contributed by atoms with van der Waals surface area (Å²) in [5, 5.41) is 1.38. The molecule has 25 heavy (non-hydrogen) atoms. The van der Waals surface area contributed by atoms with Gasteiger partial charge in [0.25, 0.3) is 0 Å². The van der Waals surface area contributed by atoms with Gasteiger partial charge in [-0.15, -0.1) is 0 Å². The smallest absolute Gasteiger partial charge is 0.308 e. The number of aromatic nitrogens is 1. The summed E-state index contributed by atoms with van der Waals surface area (Å²) in [7, 11) is 1.54. The minimum atomic E-state index is 0.0100. The molecule has 4 unspecified atom stereocenters. The van der Waals surface area contributed by atoms with Crippen LogP contribution in [0.15, 0.2) is 24.3 Å². The fourth-order valence-electron chi connectivity index (χ4n) is 5.80. The largest absolute Gasteiger partial charge is 0.469 e. The van der Waals surface area contributed by atoms with Crippen molar-refractivity contribution in [1.82, 2.24) is 9.88 Å². The van der Waals surface area contributed by atoms with E-state index in [0.717, 1.165) is 38.8 Å². The first kappa shape index (κ1) is 15.4. The summed E-state index contributed by atoms with van der Waals surface area (Å²) < 4.78 is 5.13. The van der Waals surface area contributed by atoms with E-state index in [2.05, 4.69) is 34.1 Å². The second-order valence-electron chi connectivity index (χ2n) is 8.04. The lowest BCUT2D eigenvalue weighted by molar-refractivity contribution is -0.152. The predicted octanol–water partition coefficient (Wildman–Crippen LogP) is 3.68. The second kappa shape index (κ2) is 5.87. The lowest BCUT2D eigenvalue weighted by Gasteiger charge is -2.49. The molecule has 0 amide bonds. The van der Waals surface area contributed by atoms with E-state index < -0.39 is 0 Å². The van der Waals surface area contributed by atoms with Gasteiger partial charge in [0.1, 0.15) is 0 Å². The number of methoxy groups -OCH3 is 1. The highest BCUT2D eigenvalue weighted by atomic mass is 16.5. The average molecular weight is 338 g/mol. The normalized spacial score (nSPS) is 31.9. The maximum Gasteiger partial charge on any atom is 0.308 e. The molecular formula is C21H26N2O2. The predicted molar refractivity (Wildman–Crippen MR) is 97.3 cm³/mol. The number of fused-ring (bicyclic) bond motifs is 6. The standard InChI is InChI=1S/C21H26N2O2/c1-25-21(24)16-7-4-5-13-12-23-10-9-15-14-6-2-3-8-18(14)22-20(15)19(23)11-17(13)16/h2-3,6,8,13,16-17,19,22H,4-5,7,9-12H2,1H3. The van der Waals surface area contributed by atoms with Crippen molar-refractivity contribution in [3.05, 3.63) is 35.5 Å². The number of piperidine rings is 1. The Kier molecular flexibility index (Phi) is 3.63. The Bertz CT molecular complexity index is 811. The molecule has 4 atom stereocenters. The van der Waals surface area contributed by atoms with E-state index in [1.54, 1.807) is 0 Å². The maximum atomic E-state index is 12.3. The number of carbonyl (C=O) groups excluding carboxylic acids is 1. The molecule has 1 aromatic carbocycles. The van der Waals surface area contributed by atoms with Crippen molar-refractivity contribution in [2.45, 2.75) is 38.1 Å². The number of benzene rings is 1. The maximum absolute atomic E-state index is 12.3. The van der Waals surface area contributed by atoms with Crippen LogP contribution in [0.5, 0.6) is 0 Å². The van der Waals surface area contributed by atoms with Crippen LogP contribution in [-0.2, 0) is 16.0 Å². The summed E-state index contributed by atoms with van der Waals surface area (Å²) in [5.74, 6) is 1.23. The zero-order chi connectivity index (χ0) is 17.0. The highest BCUT2D eigenvalue weighted by Crippen LogP contribution is 2.49. The van der Waals surface area contributed by atoms with E-state index in [4.69, 9.17) is 4.74 Å². The third kappa shape index (κ3) is 2.34. The molecule has 3 aliphatic rings. The SMILES string of the molecule is COC(=O)C1CCCC2CN3CCc4c([nH]c5ccccc45)C3CC21. The van der Waals surface area contributed by atoms with Crippen LogP contribution in [0.4, 0.5) is 0 Å². The number of rotatable bonds is 1. The number of hydrogen-bond donors (Lipinski definition) is 1. The highest BCUT2D eigenvalue weighted by molar-refractivity contribution is 5.85. The molecule has 1 saturated carbocycles. The van der Waals surface area contributed by atoms with Crippen LogP contribution in [0.1, 0.15) is 43.0 Å². The van der Waals surface area contributed by atoms with Crippen molar-refractivity contribution < 1.29 is 9.53 Å². The van der Waals surface area contributed by atoms with Crippen molar-refractivity contribution in [3.8, 4) is 0 Å². The molecule has 4 nitrogen and oxygen atoms in total. The van der Waals surface area contributed by atoms with Crippen LogP contribution in [0.2, 0.25) is 0 Å². The molecule has 2 fully saturated rings. The summed E-state index contributed by atoms with van der Waals surface area (Å²) in [6.45, 7) is 2.28. The molecule has 3 heterocycles. The van der Waals surface area contributed by atoms with Gasteiger partial charge >= 0.3 is 5.97 Å². The van der Waals surface area contributed by atoms with E-state index in [1.165, 1.54) is 35.7 Å². The topological polar surface area (TPSA) is 45.3 Å². The second-order valence-corrected chi connectivity index (χ2v) is 8.04. The van der Waals surface area contributed by atoms with Gasteiger partial charge in [0.15, 0.2) is 0 Å². The molecule has 0 spiro atoms. The quantitative estimate of drug-likeness (QED) is 0.807. The summed E-state index contributed by atoms with van der Waals surface area (Å²) in [6, 6.07) is 9.09. The molecular weight excluding hydrogens is 312 g/mol. The van der Waals surface area contributed by atoms with Crippen LogP contribution in [0, 0.1) is 17.8 Å². The van der Waals surface area contributed by atoms with E-state index >= 15 is 0 Å². The fraction of sp³-hybridized carbons (Fsp3) is 0.571. The van der Waals surface area contributed by atoms with Crippen molar-refractivity contribution in [3.63, 3.8) is 0 Å². The van der Waals surface area contributed by atoms with Gasteiger partial charge in [-0.25, -0.2) is 0 Å². The Morgan fingerprint density at radius 1 is 1.28 bits per heavy atom. The number of carbonyl (C=O) groups is 1. The lowest BCUT2D eigenvalue weighted by Crippen LogP contribution is -2.50. The van der Waals surface area contributed by atoms with Crippen molar-refractivity contribution in [2.75, 3.05) is 20.2 Å². The van der Waals surface area contributed by atoms with E-state index in [1.807, 2.05) is 0 Å². The van der Waals surface area contributed by atoms with Crippen molar-refractivity contribution in [2.24, 2.45) is 17.8 Å². The summed E-state index contributed by atoms with van der Waals surface area (Å²) in [5.41, 5.74) is 4.16. The molecule has 1 aliphatic carbocycles. The third-order valence-corrected chi connectivity index (χ3v) is 6.95. The average Bonchev–Trinajstić information content (AvgIpc) is 3.04. The summed E-state index contributed by atoms with van der Waals surface area (Å²) >= 11 is 0. The molecule has 5 rings (SSSR count). The van der Waals surface area contributed by atoms with Gasteiger partial charge in [0, 0.05) is 29.7 Å². The Hall–Kier alpha value is -1.81. The Balaban J connectivity index is 1.51.